The third kappa shape index (κ3) is 4.66. The predicted octanol–water partition coefficient (Wildman–Crippen LogP) is 1.34. The highest BCUT2D eigenvalue weighted by atomic mass is 16.5. The van der Waals surface area contributed by atoms with Gasteiger partial charge in [0.05, 0.1) is 12.7 Å². The zero-order valence-electron chi connectivity index (χ0n) is 14.4. The second-order valence-electron chi connectivity index (χ2n) is 5.83. The fourth-order valence-corrected chi connectivity index (χ4v) is 2.37. The molecular weight excluding hydrogens is 352 g/mol. The fraction of sp³-hybridized carbons (Fsp3) is 0.167. The fourth-order valence-electron chi connectivity index (χ4n) is 2.37. The van der Waals surface area contributed by atoms with Gasteiger partial charge in [0.25, 0.3) is 0 Å². The molecule has 0 bridgehead atoms. The second kappa shape index (κ2) is 7.65. The summed E-state index contributed by atoms with van der Waals surface area (Å²) in [6, 6.07) is 6.87. The largest absolute Gasteiger partial charge is 0.507 e. The highest BCUT2D eigenvalue weighted by Gasteiger charge is 2.20. The summed E-state index contributed by atoms with van der Waals surface area (Å²) in [6.07, 6.45) is 3.59. The monoisotopic (exact) mass is 368 g/mol. The van der Waals surface area contributed by atoms with Crippen LogP contribution in [0.1, 0.15) is 12.6 Å². The maximum absolute atomic E-state index is 11.4. The van der Waals surface area contributed by atoms with Gasteiger partial charge in [-0.1, -0.05) is 5.21 Å². The number of nitrogens with zero attached hydrogens (tertiary/aromatic N) is 3. The van der Waals surface area contributed by atoms with Gasteiger partial charge in [0, 0.05) is 24.3 Å². The Labute approximate surface area is 153 Å². The van der Waals surface area contributed by atoms with Gasteiger partial charge >= 0.3 is 0 Å². The second-order valence-corrected chi connectivity index (χ2v) is 5.83. The quantitative estimate of drug-likeness (QED) is 0.582. The van der Waals surface area contributed by atoms with E-state index in [1.165, 1.54) is 11.6 Å². The first-order valence-corrected chi connectivity index (χ1v) is 8.00. The molecule has 1 aromatic carbocycles. The van der Waals surface area contributed by atoms with Crippen molar-refractivity contribution in [2.45, 2.75) is 20.1 Å². The van der Waals surface area contributed by atoms with Crippen molar-refractivity contribution < 1.29 is 24.2 Å². The summed E-state index contributed by atoms with van der Waals surface area (Å²) in [5.74, 6) is -1.26. The van der Waals surface area contributed by atoms with E-state index in [1.54, 1.807) is 30.5 Å². The number of amides is 1. The van der Waals surface area contributed by atoms with Crippen LogP contribution in [0.5, 0.6) is 5.75 Å². The minimum absolute atomic E-state index is 0.0970. The average Bonchev–Trinajstić information content (AvgIpc) is 3.06. The number of anilines is 1. The van der Waals surface area contributed by atoms with Crippen LogP contribution >= 0.6 is 0 Å². The van der Waals surface area contributed by atoms with Crippen molar-refractivity contribution in [2.75, 3.05) is 5.32 Å². The van der Waals surface area contributed by atoms with E-state index in [4.69, 9.17) is 4.74 Å². The van der Waals surface area contributed by atoms with Crippen LogP contribution in [0.4, 0.5) is 5.69 Å². The van der Waals surface area contributed by atoms with Gasteiger partial charge in [-0.2, -0.15) is 0 Å². The average molecular weight is 368 g/mol. The molecule has 0 saturated carbocycles. The Bertz CT molecular complexity index is 956. The highest BCUT2D eigenvalue weighted by molar-refractivity contribution is 6.46. The maximum atomic E-state index is 11.4. The van der Waals surface area contributed by atoms with Gasteiger partial charge in [0.2, 0.25) is 17.5 Å². The number of aliphatic hydroxyl groups is 1. The Hall–Kier alpha value is -3.75. The Morgan fingerprint density at radius 2 is 1.89 bits per heavy atom. The number of hydrogen-bond acceptors (Lipinski definition) is 7. The zero-order valence-corrected chi connectivity index (χ0v) is 14.4. The van der Waals surface area contributed by atoms with Crippen LogP contribution < -0.4 is 10.1 Å². The third-order valence-electron chi connectivity index (χ3n) is 3.62. The summed E-state index contributed by atoms with van der Waals surface area (Å²) >= 11 is 0. The first kappa shape index (κ1) is 18.1. The minimum atomic E-state index is -0.756. The van der Waals surface area contributed by atoms with Crippen LogP contribution in [0.25, 0.3) is 0 Å². The summed E-state index contributed by atoms with van der Waals surface area (Å²) in [7, 11) is 0. The lowest BCUT2D eigenvalue weighted by Crippen LogP contribution is -2.17. The van der Waals surface area contributed by atoms with E-state index in [9.17, 15) is 19.5 Å². The Morgan fingerprint density at radius 3 is 2.59 bits per heavy atom. The van der Waals surface area contributed by atoms with Crippen LogP contribution in [-0.2, 0) is 27.5 Å². The summed E-state index contributed by atoms with van der Waals surface area (Å²) in [6.45, 7) is 1.69. The van der Waals surface area contributed by atoms with Crippen LogP contribution in [0.2, 0.25) is 0 Å². The van der Waals surface area contributed by atoms with Crippen LogP contribution in [0.3, 0.4) is 0 Å². The molecule has 0 unspecified atom stereocenters. The number of aromatic nitrogens is 3. The molecule has 0 aliphatic heterocycles. The van der Waals surface area contributed by atoms with E-state index in [2.05, 4.69) is 15.6 Å². The molecule has 0 fully saturated rings. The SMILES string of the molecule is CC(=O)Nc1ccc(OCc2cn(CC3=CC(=O)C(=O)C=C3O)nn2)cc1. The number of allylic oxidation sites excluding steroid dienone is 3. The number of nitrogens with one attached hydrogen (secondary N) is 1. The number of ketones is 2. The number of hydrogen-bond donors (Lipinski definition) is 2. The molecule has 9 nitrogen and oxygen atoms in total. The lowest BCUT2D eigenvalue weighted by molar-refractivity contribution is -0.131. The topological polar surface area (TPSA) is 123 Å². The molecule has 3 rings (SSSR count). The van der Waals surface area contributed by atoms with Crippen molar-refractivity contribution in [2.24, 2.45) is 0 Å². The molecule has 0 atom stereocenters. The van der Waals surface area contributed by atoms with Gasteiger partial charge in [-0.3, -0.25) is 14.4 Å². The van der Waals surface area contributed by atoms with Gasteiger partial charge in [-0.05, 0) is 30.3 Å². The van der Waals surface area contributed by atoms with Crippen molar-refractivity contribution in [3.05, 3.63) is 59.6 Å². The molecular formula is C18H16N4O5. The summed E-state index contributed by atoms with van der Waals surface area (Å²) in [4.78, 5) is 33.6. The molecule has 0 radical (unpaired) electrons. The van der Waals surface area contributed by atoms with E-state index in [1.807, 2.05) is 0 Å². The molecule has 1 amide bonds. The van der Waals surface area contributed by atoms with Crippen LogP contribution in [0.15, 0.2) is 53.9 Å². The Morgan fingerprint density at radius 1 is 1.19 bits per heavy atom. The molecule has 2 aromatic rings. The first-order chi connectivity index (χ1) is 12.9. The molecule has 1 aliphatic rings. The molecule has 2 N–H and O–H groups in total. The minimum Gasteiger partial charge on any atom is -0.507 e. The molecule has 0 spiro atoms. The van der Waals surface area contributed by atoms with Crippen LogP contribution in [0, 0.1) is 0 Å². The van der Waals surface area contributed by atoms with Crippen molar-refractivity contribution in [3.8, 4) is 5.75 Å². The van der Waals surface area contributed by atoms with Crippen molar-refractivity contribution in [1.82, 2.24) is 15.0 Å². The lowest BCUT2D eigenvalue weighted by Gasteiger charge is -2.09. The summed E-state index contributed by atoms with van der Waals surface area (Å²) in [5.41, 5.74) is 1.50. The number of carbonyl (C=O) groups is 3. The maximum Gasteiger partial charge on any atom is 0.229 e. The van der Waals surface area contributed by atoms with Gasteiger partial charge in [-0.25, -0.2) is 4.68 Å². The van der Waals surface area contributed by atoms with Crippen molar-refractivity contribution in [3.63, 3.8) is 0 Å². The van der Waals surface area contributed by atoms with E-state index in [0.29, 0.717) is 17.1 Å². The molecule has 138 valence electrons. The Balaban J connectivity index is 1.58. The van der Waals surface area contributed by atoms with Gasteiger partial charge in [0.1, 0.15) is 23.8 Å². The predicted molar refractivity (Wildman–Crippen MR) is 93.9 cm³/mol. The molecule has 1 aliphatic carbocycles. The standard InChI is InChI=1S/C18H16N4O5/c1-11(23)19-13-2-4-15(5-3-13)27-10-14-9-22(21-20-14)8-12-6-17(25)18(26)7-16(12)24/h2-7,9,24H,8,10H2,1H3,(H,19,23). The molecule has 9 heteroatoms. The number of rotatable bonds is 6. The van der Waals surface area contributed by atoms with Crippen LogP contribution in [-0.4, -0.2) is 37.6 Å². The third-order valence-corrected chi connectivity index (χ3v) is 3.62. The van der Waals surface area contributed by atoms with Gasteiger partial charge in [-0.15, -0.1) is 5.10 Å². The molecule has 0 saturated heterocycles. The molecule has 1 aromatic heterocycles. The zero-order chi connectivity index (χ0) is 19.4. The van der Waals surface area contributed by atoms with Gasteiger partial charge < -0.3 is 15.2 Å². The lowest BCUT2D eigenvalue weighted by atomic mass is 10.0. The summed E-state index contributed by atoms with van der Waals surface area (Å²) in [5, 5.41) is 20.3. The summed E-state index contributed by atoms with van der Waals surface area (Å²) < 4.78 is 7.03. The number of benzene rings is 1. The Kier molecular flexibility index (Phi) is 5.11. The number of carbonyl (C=O) groups excluding carboxylic acids is 3. The van der Waals surface area contributed by atoms with E-state index in [-0.39, 0.29) is 30.4 Å². The molecule has 27 heavy (non-hydrogen) atoms. The number of aliphatic hydroxyl groups excluding tert-OH is 1. The number of ether oxygens (including phenoxy) is 1. The smallest absolute Gasteiger partial charge is 0.229 e. The van der Waals surface area contributed by atoms with E-state index < -0.39 is 11.6 Å². The first-order valence-electron chi connectivity index (χ1n) is 8.00. The van der Waals surface area contributed by atoms with E-state index >= 15 is 0 Å². The van der Waals surface area contributed by atoms with Gasteiger partial charge in [0.15, 0.2) is 0 Å². The molecule has 1 heterocycles. The van der Waals surface area contributed by atoms with Crippen molar-refractivity contribution >= 4 is 23.2 Å². The normalized spacial score (nSPS) is 13.8. The van der Waals surface area contributed by atoms with E-state index in [0.717, 1.165) is 12.2 Å². The highest BCUT2D eigenvalue weighted by Crippen LogP contribution is 2.17. The van der Waals surface area contributed by atoms with Crippen molar-refractivity contribution in [1.29, 1.82) is 0 Å².